The minimum Gasteiger partial charge on any atom is -0.497 e. The Morgan fingerprint density at radius 3 is 2.68 bits per heavy atom. The Morgan fingerprint density at radius 1 is 1.21 bits per heavy atom. The highest BCUT2D eigenvalue weighted by molar-refractivity contribution is 7.91. The summed E-state index contributed by atoms with van der Waals surface area (Å²) in [5.41, 5.74) is 1.03. The summed E-state index contributed by atoms with van der Waals surface area (Å²) in [6, 6.07) is 7.77. The van der Waals surface area contributed by atoms with Gasteiger partial charge in [-0.1, -0.05) is 6.92 Å². The van der Waals surface area contributed by atoms with Gasteiger partial charge in [-0.25, -0.2) is 8.42 Å². The van der Waals surface area contributed by atoms with Crippen molar-refractivity contribution in [2.24, 2.45) is 0 Å². The summed E-state index contributed by atoms with van der Waals surface area (Å²) in [7, 11) is -1.30. The molecule has 0 aliphatic rings. The van der Waals surface area contributed by atoms with Crippen molar-refractivity contribution in [3.63, 3.8) is 0 Å². The molecule has 0 aliphatic carbocycles. The minimum absolute atomic E-state index is 0.191. The number of ether oxygens (including phenoxy) is 1. The van der Waals surface area contributed by atoms with Crippen LogP contribution in [0.25, 0.3) is 10.9 Å². The van der Waals surface area contributed by atoms with Crippen molar-refractivity contribution in [2.45, 2.75) is 19.9 Å². The van der Waals surface area contributed by atoms with Crippen molar-refractivity contribution in [3.05, 3.63) is 30.5 Å². The predicted molar refractivity (Wildman–Crippen MR) is 77.4 cm³/mol. The van der Waals surface area contributed by atoms with Gasteiger partial charge in [0.05, 0.1) is 12.9 Å². The number of benzene rings is 1. The predicted octanol–water partition coefficient (Wildman–Crippen LogP) is 2.47. The molecule has 1 aromatic carbocycles. The second-order valence-corrected chi connectivity index (χ2v) is 6.89. The molecule has 0 fully saturated rings. The van der Waals surface area contributed by atoms with Crippen LogP contribution in [-0.4, -0.2) is 31.6 Å². The van der Waals surface area contributed by atoms with Crippen LogP contribution in [0.4, 0.5) is 0 Å². The van der Waals surface area contributed by atoms with E-state index in [0.717, 1.165) is 16.7 Å². The second-order valence-electron chi connectivity index (χ2n) is 4.59. The van der Waals surface area contributed by atoms with Gasteiger partial charge in [0, 0.05) is 29.4 Å². The molecule has 0 unspecified atom stereocenters. The molecule has 1 aromatic heterocycles. The molecule has 0 saturated carbocycles. The monoisotopic (exact) mass is 281 g/mol. The van der Waals surface area contributed by atoms with Gasteiger partial charge < -0.3 is 9.30 Å². The van der Waals surface area contributed by atoms with Gasteiger partial charge in [-0.2, -0.15) is 0 Å². The molecule has 0 bridgehead atoms. The Hall–Kier alpha value is -1.49. The highest BCUT2D eigenvalue weighted by Crippen LogP contribution is 2.21. The third-order valence-electron chi connectivity index (χ3n) is 3.14. The summed E-state index contributed by atoms with van der Waals surface area (Å²) in [6.45, 7) is 2.38. The minimum atomic E-state index is -2.93. The Morgan fingerprint density at radius 2 is 2.00 bits per heavy atom. The van der Waals surface area contributed by atoms with Gasteiger partial charge in [-0.05, 0) is 30.7 Å². The molecule has 1 heterocycles. The number of nitrogens with zero attached hydrogens (tertiary/aromatic N) is 1. The van der Waals surface area contributed by atoms with Crippen LogP contribution in [0, 0.1) is 0 Å². The van der Waals surface area contributed by atoms with Crippen LogP contribution in [0.3, 0.4) is 0 Å². The first-order valence-electron chi connectivity index (χ1n) is 6.39. The van der Waals surface area contributed by atoms with Crippen molar-refractivity contribution < 1.29 is 13.2 Å². The van der Waals surface area contributed by atoms with Crippen LogP contribution >= 0.6 is 0 Å². The van der Waals surface area contributed by atoms with E-state index in [-0.39, 0.29) is 11.5 Å². The molecular weight excluding hydrogens is 262 g/mol. The summed E-state index contributed by atoms with van der Waals surface area (Å²) in [5.74, 6) is 1.26. The van der Waals surface area contributed by atoms with Gasteiger partial charge in [-0.15, -0.1) is 0 Å². The highest BCUT2D eigenvalue weighted by Gasteiger charge is 2.10. The number of fused-ring (bicyclic) bond motifs is 1. The zero-order valence-electron chi connectivity index (χ0n) is 11.3. The van der Waals surface area contributed by atoms with E-state index >= 15 is 0 Å². The molecule has 2 rings (SSSR count). The van der Waals surface area contributed by atoms with E-state index in [2.05, 4.69) is 0 Å². The van der Waals surface area contributed by atoms with Gasteiger partial charge in [0.15, 0.2) is 9.84 Å². The number of aromatic nitrogens is 1. The van der Waals surface area contributed by atoms with Crippen LogP contribution < -0.4 is 4.74 Å². The third kappa shape index (κ3) is 3.29. The first-order chi connectivity index (χ1) is 9.05. The third-order valence-corrected chi connectivity index (χ3v) is 4.97. The molecule has 5 heteroatoms. The number of hydrogen-bond donors (Lipinski definition) is 0. The Balaban J connectivity index is 2.18. The first kappa shape index (κ1) is 13.9. The smallest absolute Gasteiger partial charge is 0.152 e. The molecule has 0 aliphatic heterocycles. The fourth-order valence-electron chi connectivity index (χ4n) is 2.15. The molecule has 4 nitrogen and oxygen atoms in total. The van der Waals surface area contributed by atoms with E-state index in [9.17, 15) is 8.42 Å². The summed E-state index contributed by atoms with van der Waals surface area (Å²) in [5, 5.41) is 1.06. The van der Waals surface area contributed by atoms with E-state index in [0.29, 0.717) is 13.0 Å². The molecule has 104 valence electrons. The molecule has 0 spiro atoms. The summed E-state index contributed by atoms with van der Waals surface area (Å²) in [6.07, 6.45) is 2.59. The normalized spacial score (nSPS) is 11.9. The zero-order valence-corrected chi connectivity index (χ0v) is 12.1. The van der Waals surface area contributed by atoms with Crippen LogP contribution in [0.5, 0.6) is 5.75 Å². The summed E-state index contributed by atoms with van der Waals surface area (Å²) < 4.78 is 30.6. The summed E-state index contributed by atoms with van der Waals surface area (Å²) >= 11 is 0. The van der Waals surface area contributed by atoms with Gasteiger partial charge in [0.2, 0.25) is 0 Å². The number of sulfone groups is 1. The zero-order chi connectivity index (χ0) is 13.9. The first-order valence-corrected chi connectivity index (χ1v) is 8.21. The Kier molecular flexibility index (Phi) is 4.14. The molecular formula is C14H19NO3S. The lowest BCUT2D eigenvalue weighted by molar-refractivity contribution is 0.415. The second kappa shape index (κ2) is 5.65. The van der Waals surface area contributed by atoms with Crippen LogP contribution in [0.1, 0.15) is 13.3 Å². The van der Waals surface area contributed by atoms with Crippen LogP contribution in [0.15, 0.2) is 30.5 Å². The summed E-state index contributed by atoms with van der Waals surface area (Å²) in [4.78, 5) is 0. The fraction of sp³-hybridized carbons (Fsp3) is 0.429. The standard InChI is InChI=1S/C14H19NO3S/c1-3-9-19(16,17)10-8-15-7-6-12-11-13(18-2)4-5-14(12)15/h4-7,11H,3,8-10H2,1-2H3. The Bertz CT molecular complexity index is 658. The van der Waals surface area contributed by atoms with Crippen LogP contribution in [0.2, 0.25) is 0 Å². The van der Waals surface area contributed by atoms with E-state index in [1.807, 2.05) is 42.0 Å². The van der Waals surface area contributed by atoms with Gasteiger partial charge in [0.1, 0.15) is 5.75 Å². The molecule has 0 amide bonds. The maximum Gasteiger partial charge on any atom is 0.152 e. The van der Waals surface area contributed by atoms with Gasteiger partial charge in [0.25, 0.3) is 0 Å². The van der Waals surface area contributed by atoms with Crippen molar-refractivity contribution in [2.75, 3.05) is 18.6 Å². The lowest BCUT2D eigenvalue weighted by Crippen LogP contribution is -2.15. The van der Waals surface area contributed by atoms with Crippen molar-refractivity contribution >= 4 is 20.7 Å². The molecule has 0 atom stereocenters. The molecule has 0 N–H and O–H groups in total. The number of hydrogen-bond acceptors (Lipinski definition) is 3. The topological polar surface area (TPSA) is 48.3 Å². The average Bonchev–Trinajstić information content (AvgIpc) is 2.78. The number of aryl methyl sites for hydroxylation is 1. The van der Waals surface area contributed by atoms with Crippen molar-refractivity contribution in [1.82, 2.24) is 4.57 Å². The highest BCUT2D eigenvalue weighted by atomic mass is 32.2. The lowest BCUT2D eigenvalue weighted by atomic mass is 10.2. The molecule has 0 saturated heterocycles. The lowest BCUT2D eigenvalue weighted by Gasteiger charge is -2.07. The van der Waals surface area contributed by atoms with E-state index < -0.39 is 9.84 Å². The molecule has 2 aromatic rings. The number of methoxy groups -OCH3 is 1. The van der Waals surface area contributed by atoms with E-state index in [1.165, 1.54) is 0 Å². The van der Waals surface area contributed by atoms with E-state index in [4.69, 9.17) is 4.74 Å². The van der Waals surface area contributed by atoms with Gasteiger partial charge >= 0.3 is 0 Å². The maximum absolute atomic E-state index is 11.7. The quantitative estimate of drug-likeness (QED) is 0.817. The van der Waals surface area contributed by atoms with Crippen molar-refractivity contribution in [3.8, 4) is 5.75 Å². The number of rotatable bonds is 6. The van der Waals surface area contributed by atoms with Gasteiger partial charge in [-0.3, -0.25) is 0 Å². The average molecular weight is 281 g/mol. The molecule has 0 radical (unpaired) electrons. The molecule has 19 heavy (non-hydrogen) atoms. The van der Waals surface area contributed by atoms with Crippen molar-refractivity contribution in [1.29, 1.82) is 0 Å². The Labute approximate surface area is 113 Å². The van der Waals surface area contributed by atoms with E-state index in [1.54, 1.807) is 7.11 Å². The maximum atomic E-state index is 11.7. The SMILES string of the molecule is CCCS(=O)(=O)CCn1ccc2cc(OC)ccc21. The van der Waals surface area contributed by atoms with Crippen LogP contribution in [-0.2, 0) is 16.4 Å². The fourth-order valence-corrected chi connectivity index (χ4v) is 3.45. The largest absolute Gasteiger partial charge is 0.497 e.